The molecule has 1 aliphatic heterocycles. The number of rotatable bonds is 0. The highest BCUT2D eigenvalue weighted by atomic mass is 16.1. The zero-order valence-electron chi connectivity index (χ0n) is 8.29. The second-order valence-electron chi connectivity index (χ2n) is 4.25. The molecule has 0 aromatic carbocycles. The minimum Gasteiger partial charge on any atom is -0.384 e. The van der Waals surface area contributed by atoms with Crippen LogP contribution in [-0.4, -0.2) is 16.4 Å². The van der Waals surface area contributed by atoms with Gasteiger partial charge in [-0.25, -0.2) is 4.98 Å². The molecule has 0 fully saturated rings. The maximum absolute atomic E-state index is 11.6. The van der Waals surface area contributed by atoms with Gasteiger partial charge in [-0.2, -0.15) is 0 Å². The Hall–Kier alpha value is -1.58. The maximum atomic E-state index is 11.6. The van der Waals surface area contributed by atoms with Crippen molar-refractivity contribution in [2.24, 2.45) is 0 Å². The average Bonchev–Trinajstić information content (AvgIpc) is 2.00. The number of nitrogens with two attached hydrogens (primary N) is 1. The first-order valence-corrected chi connectivity index (χ1v) is 4.56. The van der Waals surface area contributed by atoms with Gasteiger partial charge in [0.2, 0.25) is 0 Å². The first kappa shape index (κ1) is 8.99. The van der Waals surface area contributed by atoms with Crippen LogP contribution in [0.5, 0.6) is 0 Å². The van der Waals surface area contributed by atoms with Crippen LogP contribution in [0.3, 0.4) is 0 Å². The van der Waals surface area contributed by atoms with E-state index in [1.807, 2.05) is 13.8 Å². The standard InChI is InChI=1S/C10H13N3O/c1-10(2)5-7-6(9(14)13-10)3-4-8(11)12-7/h3-4H,5H2,1-2H3,(H2,11,12)(H,13,14). The zero-order valence-corrected chi connectivity index (χ0v) is 8.29. The monoisotopic (exact) mass is 191 g/mol. The smallest absolute Gasteiger partial charge is 0.253 e. The van der Waals surface area contributed by atoms with E-state index >= 15 is 0 Å². The summed E-state index contributed by atoms with van der Waals surface area (Å²) in [7, 11) is 0. The molecule has 0 saturated carbocycles. The molecule has 0 radical (unpaired) electrons. The highest BCUT2D eigenvalue weighted by Gasteiger charge is 2.30. The summed E-state index contributed by atoms with van der Waals surface area (Å²) in [4.78, 5) is 15.8. The molecule has 1 aromatic heterocycles. The van der Waals surface area contributed by atoms with Gasteiger partial charge in [0.25, 0.3) is 5.91 Å². The Morgan fingerprint density at radius 2 is 2.21 bits per heavy atom. The highest BCUT2D eigenvalue weighted by Crippen LogP contribution is 2.21. The fraction of sp³-hybridized carbons (Fsp3) is 0.400. The lowest BCUT2D eigenvalue weighted by molar-refractivity contribution is 0.0895. The third-order valence-electron chi connectivity index (χ3n) is 2.30. The number of amides is 1. The molecule has 2 rings (SSSR count). The number of aromatic nitrogens is 1. The number of carbonyl (C=O) groups excluding carboxylic acids is 1. The number of fused-ring (bicyclic) bond motifs is 1. The third kappa shape index (κ3) is 1.43. The molecule has 1 aliphatic rings. The number of anilines is 1. The van der Waals surface area contributed by atoms with E-state index in [2.05, 4.69) is 10.3 Å². The van der Waals surface area contributed by atoms with Gasteiger partial charge in [-0.3, -0.25) is 4.79 Å². The quantitative estimate of drug-likeness (QED) is 0.635. The van der Waals surface area contributed by atoms with Crippen molar-refractivity contribution < 1.29 is 4.79 Å². The molecule has 74 valence electrons. The molecule has 14 heavy (non-hydrogen) atoms. The van der Waals surface area contributed by atoms with E-state index in [1.54, 1.807) is 12.1 Å². The molecule has 4 heteroatoms. The van der Waals surface area contributed by atoms with Crippen molar-refractivity contribution in [3.8, 4) is 0 Å². The second-order valence-corrected chi connectivity index (χ2v) is 4.25. The summed E-state index contributed by atoms with van der Waals surface area (Å²) in [6, 6.07) is 3.37. The molecule has 0 saturated heterocycles. The summed E-state index contributed by atoms with van der Waals surface area (Å²) in [5, 5.41) is 2.91. The van der Waals surface area contributed by atoms with E-state index in [9.17, 15) is 4.79 Å². The van der Waals surface area contributed by atoms with Gasteiger partial charge in [-0.05, 0) is 26.0 Å². The number of carbonyl (C=O) groups is 1. The Balaban J connectivity index is 2.51. The van der Waals surface area contributed by atoms with Gasteiger partial charge in [-0.1, -0.05) is 0 Å². The van der Waals surface area contributed by atoms with Gasteiger partial charge in [0.1, 0.15) is 5.82 Å². The van der Waals surface area contributed by atoms with Crippen LogP contribution < -0.4 is 11.1 Å². The summed E-state index contributed by atoms with van der Waals surface area (Å²) in [6.07, 6.45) is 0.721. The van der Waals surface area contributed by atoms with Gasteiger partial charge in [0.05, 0.1) is 11.3 Å². The van der Waals surface area contributed by atoms with Crippen LogP contribution in [-0.2, 0) is 6.42 Å². The second kappa shape index (κ2) is 2.70. The maximum Gasteiger partial charge on any atom is 0.253 e. The van der Waals surface area contributed by atoms with Crippen molar-refractivity contribution in [3.63, 3.8) is 0 Å². The normalized spacial score (nSPS) is 18.6. The number of hydrogen-bond donors (Lipinski definition) is 2. The predicted octanol–water partition coefficient (Wildman–Crippen LogP) is 0.728. The van der Waals surface area contributed by atoms with Crippen LogP contribution in [0.2, 0.25) is 0 Å². The molecule has 2 heterocycles. The van der Waals surface area contributed by atoms with Gasteiger partial charge in [-0.15, -0.1) is 0 Å². The van der Waals surface area contributed by atoms with Crippen LogP contribution in [0.4, 0.5) is 5.82 Å². The Bertz CT molecular complexity index is 398. The molecule has 0 aliphatic carbocycles. The van der Waals surface area contributed by atoms with Crippen molar-refractivity contribution in [2.75, 3.05) is 5.73 Å². The van der Waals surface area contributed by atoms with E-state index in [0.29, 0.717) is 11.4 Å². The molecule has 1 aromatic rings. The topological polar surface area (TPSA) is 68.0 Å². The van der Waals surface area contributed by atoms with Crippen molar-refractivity contribution in [1.82, 2.24) is 10.3 Å². The van der Waals surface area contributed by atoms with Crippen molar-refractivity contribution in [3.05, 3.63) is 23.4 Å². The molecule has 0 unspecified atom stereocenters. The van der Waals surface area contributed by atoms with Crippen molar-refractivity contribution in [1.29, 1.82) is 0 Å². The first-order chi connectivity index (χ1) is 6.48. The molecular formula is C10H13N3O. The minimum absolute atomic E-state index is 0.0660. The van der Waals surface area contributed by atoms with E-state index in [0.717, 1.165) is 12.1 Å². The van der Waals surface area contributed by atoms with E-state index < -0.39 is 0 Å². The van der Waals surface area contributed by atoms with E-state index in [1.165, 1.54) is 0 Å². The van der Waals surface area contributed by atoms with Gasteiger partial charge in [0, 0.05) is 12.0 Å². The van der Waals surface area contributed by atoms with Crippen LogP contribution in [0.1, 0.15) is 29.9 Å². The van der Waals surface area contributed by atoms with E-state index in [-0.39, 0.29) is 11.4 Å². The van der Waals surface area contributed by atoms with Gasteiger partial charge in [0.15, 0.2) is 0 Å². The molecule has 0 spiro atoms. The van der Waals surface area contributed by atoms with Gasteiger partial charge < -0.3 is 11.1 Å². The number of nitrogens with zero attached hydrogens (tertiary/aromatic N) is 1. The van der Waals surface area contributed by atoms with Crippen molar-refractivity contribution in [2.45, 2.75) is 25.8 Å². The molecule has 1 amide bonds. The largest absolute Gasteiger partial charge is 0.384 e. The Kier molecular flexibility index (Phi) is 1.74. The number of pyridine rings is 1. The van der Waals surface area contributed by atoms with Crippen LogP contribution in [0.15, 0.2) is 12.1 Å². The third-order valence-corrected chi connectivity index (χ3v) is 2.30. The fourth-order valence-electron chi connectivity index (χ4n) is 1.70. The number of nitrogen functional groups attached to an aromatic ring is 1. The zero-order chi connectivity index (χ0) is 10.3. The molecule has 4 nitrogen and oxygen atoms in total. The minimum atomic E-state index is -0.231. The molecule has 0 bridgehead atoms. The van der Waals surface area contributed by atoms with Crippen LogP contribution in [0.25, 0.3) is 0 Å². The number of hydrogen-bond acceptors (Lipinski definition) is 3. The predicted molar refractivity (Wildman–Crippen MR) is 53.9 cm³/mol. The Morgan fingerprint density at radius 1 is 1.50 bits per heavy atom. The van der Waals surface area contributed by atoms with Crippen LogP contribution in [0, 0.1) is 0 Å². The summed E-state index contributed by atoms with van der Waals surface area (Å²) < 4.78 is 0. The summed E-state index contributed by atoms with van der Waals surface area (Å²) >= 11 is 0. The summed E-state index contributed by atoms with van der Waals surface area (Å²) in [5.74, 6) is 0.401. The molecular weight excluding hydrogens is 178 g/mol. The summed E-state index contributed by atoms with van der Waals surface area (Å²) in [6.45, 7) is 3.94. The Labute approximate surface area is 82.5 Å². The highest BCUT2D eigenvalue weighted by molar-refractivity contribution is 5.97. The molecule has 3 N–H and O–H groups in total. The lowest BCUT2D eigenvalue weighted by Crippen LogP contribution is -2.49. The van der Waals surface area contributed by atoms with Crippen LogP contribution >= 0.6 is 0 Å². The first-order valence-electron chi connectivity index (χ1n) is 4.56. The lowest BCUT2D eigenvalue weighted by atomic mass is 9.91. The van der Waals surface area contributed by atoms with E-state index in [4.69, 9.17) is 5.73 Å². The summed E-state index contributed by atoms with van der Waals surface area (Å²) in [5.41, 5.74) is 6.77. The SMILES string of the molecule is CC1(C)Cc2nc(N)ccc2C(=O)N1. The van der Waals surface area contributed by atoms with Gasteiger partial charge >= 0.3 is 0 Å². The lowest BCUT2D eigenvalue weighted by Gasteiger charge is -2.31. The Morgan fingerprint density at radius 3 is 2.93 bits per heavy atom. The number of nitrogens with one attached hydrogen (secondary N) is 1. The average molecular weight is 191 g/mol. The van der Waals surface area contributed by atoms with Crippen molar-refractivity contribution >= 4 is 11.7 Å². The molecule has 0 atom stereocenters. The fourth-order valence-corrected chi connectivity index (χ4v) is 1.70.